The maximum atomic E-state index is 13.5. The average Bonchev–Trinajstić information content (AvgIpc) is 2.80. The van der Waals surface area contributed by atoms with Crippen LogP contribution in [0.3, 0.4) is 0 Å². The van der Waals surface area contributed by atoms with Crippen LogP contribution in [0.5, 0.6) is 5.75 Å². The van der Waals surface area contributed by atoms with E-state index in [2.05, 4.69) is 10.1 Å². The molecule has 0 amide bonds. The number of nitrogens with one attached hydrogen (secondary N) is 1. The molecule has 1 aromatic rings. The normalized spacial score (nSPS) is 35.9. The van der Waals surface area contributed by atoms with Gasteiger partial charge in [0, 0.05) is 18.2 Å². The lowest BCUT2D eigenvalue weighted by Crippen LogP contribution is -2.14. The van der Waals surface area contributed by atoms with Crippen LogP contribution in [-0.4, -0.2) is 12.7 Å². The van der Waals surface area contributed by atoms with Crippen LogP contribution in [0, 0.1) is 29.5 Å². The number of benzene rings is 1. The van der Waals surface area contributed by atoms with Gasteiger partial charge in [0.05, 0.1) is 11.4 Å². The molecule has 3 saturated carbocycles. The van der Waals surface area contributed by atoms with E-state index < -0.39 is 18.2 Å². The summed E-state index contributed by atoms with van der Waals surface area (Å²) in [5.41, 5.74) is 6.51. The molecule has 3 N–H and O–H groups in total. The van der Waals surface area contributed by atoms with Crippen molar-refractivity contribution in [1.82, 2.24) is 0 Å². The van der Waals surface area contributed by atoms with Gasteiger partial charge in [-0.2, -0.15) is 8.78 Å². The minimum absolute atomic E-state index is 0.228. The van der Waals surface area contributed by atoms with Crippen molar-refractivity contribution in [2.45, 2.75) is 31.9 Å². The molecule has 4 rings (SSSR count). The minimum atomic E-state index is -3.05. The summed E-state index contributed by atoms with van der Waals surface area (Å²) in [5.74, 6) is 1.59. The Morgan fingerprint density at radius 1 is 1.19 bits per heavy atom. The quantitative estimate of drug-likeness (QED) is 0.837. The highest BCUT2D eigenvalue weighted by atomic mass is 19.3. The molecule has 114 valence electrons. The van der Waals surface area contributed by atoms with Crippen molar-refractivity contribution in [2.75, 3.05) is 11.1 Å². The van der Waals surface area contributed by atoms with Gasteiger partial charge in [-0.3, -0.25) is 0 Å². The lowest BCUT2D eigenvalue weighted by Gasteiger charge is -2.15. The highest BCUT2D eigenvalue weighted by molar-refractivity contribution is 5.69. The van der Waals surface area contributed by atoms with Crippen LogP contribution in [-0.2, 0) is 0 Å². The molecule has 6 heteroatoms. The molecule has 2 bridgehead atoms. The molecular formula is C15H17F3N2O. The van der Waals surface area contributed by atoms with Crippen LogP contribution < -0.4 is 15.8 Å². The second-order valence-electron chi connectivity index (χ2n) is 6.41. The van der Waals surface area contributed by atoms with Gasteiger partial charge in [-0.15, -0.1) is 0 Å². The summed E-state index contributed by atoms with van der Waals surface area (Å²) in [6.07, 6.45) is 3.91. The summed E-state index contributed by atoms with van der Waals surface area (Å²) in [4.78, 5) is 0. The van der Waals surface area contributed by atoms with E-state index >= 15 is 0 Å². The molecule has 0 aromatic heterocycles. The van der Waals surface area contributed by atoms with Crippen molar-refractivity contribution in [2.24, 2.45) is 23.7 Å². The zero-order valence-electron chi connectivity index (χ0n) is 11.4. The van der Waals surface area contributed by atoms with Gasteiger partial charge >= 0.3 is 6.61 Å². The first-order valence-corrected chi connectivity index (χ1v) is 7.35. The number of hydrogen-bond acceptors (Lipinski definition) is 3. The number of rotatable bonds is 4. The summed E-state index contributed by atoms with van der Waals surface area (Å²) in [6.45, 7) is -3.05. The fourth-order valence-corrected chi connectivity index (χ4v) is 4.58. The van der Waals surface area contributed by atoms with E-state index in [1.54, 1.807) is 0 Å². The van der Waals surface area contributed by atoms with Gasteiger partial charge in [0.15, 0.2) is 11.6 Å². The number of anilines is 2. The summed E-state index contributed by atoms with van der Waals surface area (Å²) in [7, 11) is 0. The zero-order valence-corrected chi connectivity index (χ0v) is 11.4. The van der Waals surface area contributed by atoms with Gasteiger partial charge in [-0.1, -0.05) is 0 Å². The third kappa shape index (κ3) is 2.03. The highest BCUT2D eigenvalue weighted by Crippen LogP contribution is 2.66. The van der Waals surface area contributed by atoms with Crippen molar-refractivity contribution in [3.05, 3.63) is 17.9 Å². The molecule has 0 aliphatic heterocycles. The van der Waals surface area contributed by atoms with Gasteiger partial charge in [0.1, 0.15) is 0 Å². The summed E-state index contributed by atoms with van der Waals surface area (Å²) < 4.78 is 42.3. The highest BCUT2D eigenvalue weighted by Gasteiger charge is 2.65. The van der Waals surface area contributed by atoms with Crippen molar-refractivity contribution < 1.29 is 17.9 Å². The summed E-state index contributed by atoms with van der Waals surface area (Å²) >= 11 is 0. The van der Waals surface area contributed by atoms with Crippen LogP contribution in [0.2, 0.25) is 0 Å². The molecule has 4 atom stereocenters. The standard InChI is InChI=1S/C15H17F3N2O/c16-8-4-9(19)10(5-11(8)21-15(17)18)20-14-12-6-1-2-7(3-6)13(12)14/h4-7,12-15,20H,1-3,19H2. The van der Waals surface area contributed by atoms with Crippen molar-refractivity contribution >= 4 is 11.4 Å². The van der Waals surface area contributed by atoms with Crippen LogP contribution in [0.4, 0.5) is 24.5 Å². The molecule has 3 aliphatic carbocycles. The Kier molecular flexibility index (Phi) is 2.78. The smallest absolute Gasteiger partial charge is 0.387 e. The number of nitrogen functional groups attached to an aromatic ring is 1. The van der Waals surface area contributed by atoms with E-state index in [0.29, 0.717) is 23.6 Å². The molecule has 3 fully saturated rings. The molecule has 21 heavy (non-hydrogen) atoms. The van der Waals surface area contributed by atoms with E-state index in [9.17, 15) is 13.2 Å². The first-order valence-electron chi connectivity index (χ1n) is 7.35. The fraction of sp³-hybridized carbons (Fsp3) is 0.600. The Hall–Kier alpha value is -1.59. The SMILES string of the molecule is Nc1cc(F)c(OC(F)F)cc1NC1C2C3CCC(C3)C12. The maximum Gasteiger partial charge on any atom is 0.387 e. The topological polar surface area (TPSA) is 47.3 Å². The molecule has 1 aromatic carbocycles. The third-order valence-electron chi connectivity index (χ3n) is 5.38. The number of alkyl halides is 2. The molecule has 0 saturated heterocycles. The Morgan fingerprint density at radius 2 is 1.86 bits per heavy atom. The average molecular weight is 298 g/mol. The molecule has 0 spiro atoms. The first kappa shape index (κ1) is 13.1. The lowest BCUT2D eigenvalue weighted by molar-refractivity contribution is -0.0521. The van der Waals surface area contributed by atoms with E-state index in [1.807, 2.05) is 0 Å². The number of hydrogen-bond donors (Lipinski definition) is 2. The zero-order chi connectivity index (χ0) is 14.7. The van der Waals surface area contributed by atoms with E-state index in [4.69, 9.17) is 5.73 Å². The first-order chi connectivity index (χ1) is 10.0. The van der Waals surface area contributed by atoms with Crippen molar-refractivity contribution in [3.63, 3.8) is 0 Å². The van der Waals surface area contributed by atoms with Crippen LogP contribution >= 0.6 is 0 Å². The van der Waals surface area contributed by atoms with Gasteiger partial charge in [0.25, 0.3) is 0 Å². The van der Waals surface area contributed by atoms with E-state index in [0.717, 1.165) is 17.9 Å². The monoisotopic (exact) mass is 298 g/mol. The molecule has 0 radical (unpaired) electrons. The molecule has 0 heterocycles. The van der Waals surface area contributed by atoms with Crippen LogP contribution in [0.25, 0.3) is 0 Å². The molecular weight excluding hydrogens is 281 g/mol. The number of halogens is 3. The Balaban J connectivity index is 1.53. The van der Waals surface area contributed by atoms with Crippen molar-refractivity contribution in [3.8, 4) is 5.75 Å². The summed E-state index contributed by atoms with van der Waals surface area (Å²) in [6, 6.07) is 2.63. The van der Waals surface area contributed by atoms with Gasteiger partial charge in [-0.05, 0) is 42.9 Å². The third-order valence-corrected chi connectivity index (χ3v) is 5.38. The lowest BCUT2D eigenvalue weighted by atomic mass is 10.0. The second kappa shape index (κ2) is 4.45. The predicted octanol–water partition coefficient (Wildman–Crippen LogP) is 3.47. The predicted molar refractivity (Wildman–Crippen MR) is 72.7 cm³/mol. The van der Waals surface area contributed by atoms with Gasteiger partial charge < -0.3 is 15.8 Å². The van der Waals surface area contributed by atoms with Gasteiger partial charge in [-0.25, -0.2) is 4.39 Å². The summed E-state index contributed by atoms with van der Waals surface area (Å²) in [5, 5.41) is 3.31. The molecule has 4 unspecified atom stereocenters. The van der Waals surface area contributed by atoms with Crippen LogP contribution in [0.1, 0.15) is 19.3 Å². The number of ether oxygens (including phenoxy) is 1. The van der Waals surface area contributed by atoms with Crippen molar-refractivity contribution in [1.29, 1.82) is 0 Å². The second-order valence-corrected chi connectivity index (χ2v) is 6.41. The molecule has 3 nitrogen and oxygen atoms in total. The van der Waals surface area contributed by atoms with E-state index in [1.165, 1.54) is 25.3 Å². The Morgan fingerprint density at radius 3 is 2.48 bits per heavy atom. The minimum Gasteiger partial charge on any atom is -0.432 e. The largest absolute Gasteiger partial charge is 0.432 e. The Bertz CT molecular complexity index is 564. The van der Waals surface area contributed by atoms with Crippen LogP contribution in [0.15, 0.2) is 12.1 Å². The maximum absolute atomic E-state index is 13.5. The molecule has 3 aliphatic rings. The number of fused-ring (bicyclic) bond motifs is 5. The van der Waals surface area contributed by atoms with E-state index in [-0.39, 0.29) is 5.69 Å². The Labute approximate surface area is 120 Å². The van der Waals surface area contributed by atoms with Gasteiger partial charge in [0.2, 0.25) is 0 Å². The number of nitrogens with two attached hydrogens (primary N) is 1. The fourth-order valence-electron chi connectivity index (χ4n) is 4.58.